The van der Waals surface area contributed by atoms with E-state index in [4.69, 9.17) is 0 Å². The molecule has 1 N–H and O–H groups in total. The van der Waals surface area contributed by atoms with Crippen molar-refractivity contribution < 1.29 is 9.59 Å². The summed E-state index contributed by atoms with van der Waals surface area (Å²) >= 11 is 0. The minimum atomic E-state index is -0.503. The third-order valence-electron chi connectivity index (χ3n) is 3.46. The zero-order chi connectivity index (χ0) is 14.2. The van der Waals surface area contributed by atoms with Crippen LogP contribution >= 0.6 is 0 Å². The Labute approximate surface area is 112 Å². The fourth-order valence-electron chi connectivity index (χ4n) is 2.25. The summed E-state index contributed by atoms with van der Waals surface area (Å²) in [5, 5.41) is 6.94. The van der Waals surface area contributed by atoms with Crippen LogP contribution in [0.3, 0.4) is 0 Å². The molecule has 19 heavy (non-hydrogen) atoms. The van der Waals surface area contributed by atoms with E-state index in [1.807, 2.05) is 20.8 Å². The van der Waals surface area contributed by atoms with Crippen molar-refractivity contribution in [2.75, 3.05) is 4.90 Å². The van der Waals surface area contributed by atoms with E-state index in [0.717, 1.165) is 6.54 Å². The van der Waals surface area contributed by atoms with Crippen LogP contribution < -0.4 is 10.2 Å². The Kier molecular flexibility index (Phi) is 3.59. The van der Waals surface area contributed by atoms with Gasteiger partial charge in [0.05, 0.1) is 11.9 Å². The Balaban J connectivity index is 2.34. The van der Waals surface area contributed by atoms with Crippen LogP contribution in [-0.2, 0) is 16.1 Å². The third kappa shape index (κ3) is 2.34. The molecule has 0 aromatic carbocycles. The highest BCUT2D eigenvalue weighted by atomic mass is 16.2. The molecule has 0 radical (unpaired) electrons. The van der Waals surface area contributed by atoms with E-state index in [1.54, 1.807) is 28.9 Å². The second kappa shape index (κ2) is 5.03. The summed E-state index contributed by atoms with van der Waals surface area (Å²) in [7, 11) is 0. The van der Waals surface area contributed by atoms with Crippen LogP contribution in [0.25, 0.3) is 0 Å². The topological polar surface area (TPSA) is 67.2 Å². The van der Waals surface area contributed by atoms with Gasteiger partial charge in [-0.25, -0.2) is 0 Å². The molecule has 2 heterocycles. The minimum absolute atomic E-state index is 0.0627. The molecule has 2 atom stereocenters. The lowest BCUT2D eigenvalue weighted by molar-refractivity contribution is -0.134. The van der Waals surface area contributed by atoms with E-state index < -0.39 is 12.1 Å². The fraction of sp³-hybridized carbons (Fsp3) is 0.615. The maximum absolute atomic E-state index is 12.5. The maximum atomic E-state index is 12.5. The number of aryl methyl sites for hydroxylation is 1. The van der Waals surface area contributed by atoms with Crippen LogP contribution in [0.5, 0.6) is 0 Å². The van der Waals surface area contributed by atoms with E-state index in [1.165, 1.54) is 0 Å². The summed E-state index contributed by atoms with van der Waals surface area (Å²) in [6, 6.07) is -0.967. The highest BCUT2D eigenvalue weighted by Gasteiger charge is 2.40. The summed E-state index contributed by atoms with van der Waals surface area (Å²) < 4.78 is 1.74. The first-order valence-corrected chi connectivity index (χ1v) is 6.61. The van der Waals surface area contributed by atoms with Crippen LogP contribution in [0.15, 0.2) is 12.4 Å². The molecule has 6 nitrogen and oxygen atoms in total. The molecule has 1 aromatic heterocycles. The van der Waals surface area contributed by atoms with Gasteiger partial charge >= 0.3 is 0 Å². The molecule has 0 spiro atoms. The number of nitrogens with zero attached hydrogens (tertiary/aromatic N) is 3. The molecule has 1 fully saturated rings. The van der Waals surface area contributed by atoms with Gasteiger partial charge in [-0.2, -0.15) is 5.10 Å². The summed E-state index contributed by atoms with van der Waals surface area (Å²) in [5.41, 5.74) is 0.680. The van der Waals surface area contributed by atoms with Crippen LogP contribution in [0.4, 0.5) is 5.69 Å². The number of hydrogen-bond donors (Lipinski definition) is 1. The molecule has 2 amide bonds. The van der Waals surface area contributed by atoms with Gasteiger partial charge in [-0.15, -0.1) is 0 Å². The third-order valence-corrected chi connectivity index (χ3v) is 3.46. The van der Waals surface area contributed by atoms with Crippen LogP contribution in [0.2, 0.25) is 0 Å². The zero-order valence-corrected chi connectivity index (χ0v) is 11.8. The number of piperazine rings is 1. The molecule has 0 saturated carbocycles. The van der Waals surface area contributed by atoms with E-state index in [-0.39, 0.29) is 17.7 Å². The number of carbonyl (C=O) groups excluding carboxylic acids is 2. The minimum Gasteiger partial charge on any atom is -0.342 e. The predicted octanol–water partition coefficient (Wildman–Crippen LogP) is 0.779. The van der Waals surface area contributed by atoms with Gasteiger partial charge in [0.25, 0.3) is 5.91 Å². The smallest absolute Gasteiger partial charge is 0.250 e. The summed E-state index contributed by atoms with van der Waals surface area (Å²) in [5.74, 6) is -0.132. The lowest BCUT2D eigenvalue weighted by Crippen LogP contribution is -2.64. The second-order valence-corrected chi connectivity index (χ2v) is 5.17. The van der Waals surface area contributed by atoms with Crippen molar-refractivity contribution in [2.45, 2.75) is 46.3 Å². The van der Waals surface area contributed by atoms with Gasteiger partial charge in [-0.05, 0) is 19.8 Å². The molecule has 0 aliphatic carbocycles. The van der Waals surface area contributed by atoms with Gasteiger partial charge < -0.3 is 5.32 Å². The average molecular weight is 264 g/mol. The normalized spacial score (nSPS) is 23.9. The molecule has 2 unspecified atom stereocenters. The summed E-state index contributed by atoms with van der Waals surface area (Å²) in [6.07, 6.45) is 3.43. The van der Waals surface area contributed by atoms with Gasteiger partial charge in [-0.3, -0.25) is 19.2 Å². The van der Waals surface area contributed by atoms with E-state index >= 15 is 0 Å². The second-order valence-electron chi connectivity index (χ2n) is 5.17. The monoisotopic (exact) mass is 264 g/mol. The number of nitrogens with one attached hydrogen (secondary N) is 1. The van der Waals surface area contributed by atoms with Crippen LogP contribution in [-0.4, -0.2) is 33.7 Å². The molecule has 0 bridgehead atoms. The molecule has 1 aliphatic rings. The number of hydrogen-bond acceptors (Lipinski definition) is 3. The van der Waals surface area contributed by atoms with Gasteiger partial charge in [-0.1, -0.05) is 13.8 Å². The van der Waals surface area contributed by atoms with E-state index in [2.05, 4.69) is 10.4 Å². The van der Waals surface area contributed by atoms with E-state index in [0.29, 0.717) is 5.69 Å². The number of anilines is 1. The lowest BCUT2D eigenvalue weighted by Gasteiger charge is -2.38. The predicted molar refractivity (Wildman–Crippen MR) is 71.6 cm³/mol. The summed E-state index contributed by atoms with van der Waals surface area (Å²) in [4.78, 5) is 26.0. The molecule has 6 heteroatoms. The maximum Gasteiger partial charge on any atom is 0.250 e. The number of rotatable bonds is 3. The number of aromatic nitrogens is 2. The molecular weight excluding hydrogens is 244 g/mol. The highest BCUT2D eigenvalue weighted by Crippen LogP contribution is 2.23. The Hall–Kier alpha value is -1.85. The quantitative estimate of drug-likeness (QED) is 0.877. The van der Waals surface area contributed by atoms with Gasteiger partial charge in [0, 0.05) is 12.7 Å². The summed E-state index contributed by atoms with van der Waals surface area (Å²) in [6.45, 7) is 8.28. The van der Waals surface area contributed by atoms with Crippen molar-refractivity contribution in [1.29, 1.82) is 0 Å². The van der Waals surface area contributed by atoms with E-state index in [9.17, 15) is 9.59 Å². The van der Waals surface area contributed by atoms with Crippen LogP contribution in [0, 0.1) is 5.92 Å². The molecule has 2 rings (SSSR count). The Bertz CT molecular complexity index is 495. The van der Waals surface area contributed by atoms with Crippen molar-refractivity contribution in [3.05, 3.63) is 12.4 Å². The largest absolute Gasteiger partial charge is 0.342 e. The van der Waals surface area contributed by atoms with Crippen molar-refractivity contribution in [2.24, 2.45) is 5.92 Å². The standard InChI is InChI=1S/C13H20N4O2/c1-5-16-7-10(6-14-16)17-9(4)12(18)15-11(8(2)3)13(17)19/h6-9,11H,5H2,1-4H3,(H,15,18). The van der Waals surface area contributed by atoms with Gasteiger partial charge in [0.2, 0.25) is 5.91 Å². The number of amides is 2. The Morgan fingerprint density at radius 1 is 1.42 bits per heavy atom. The Morgan fingerprint density at radius 2 is 2.11 bits per heavy atom. The van der Waals surface area contributed by atoms with Crippen molar-refractivity contribution in [3.8, 4) is 0 Å². The SMILES string of the molecule is CCn1cc(N2C(=O)C(C(C)C)NC(=O)C2C)cn1. The average Bonchev–Trinajstić information content (AvgIpc) is 2.82. The first kappa shape index (κ1) is 13.6. The molecular formula is C13H20N4O2. The van der Waals surface area contributed by atoms with Crippen molar-refractivity contribution in [3.63, 3.8) is 0 Å². The number of carbonyl (C=O) groups is 2. The highest BCUT2D eigenvalue weighted by molar-refractivity contribution is 6.08. The molecule has 1 aromatic rings. The van der Waals surface area contributed by atoms with Gasteiger partial charge in [0.1, 0.15) is 12.1 Å². The molecule has 104 valence electrons. The Morgan fingerprint density at radius 3 is 2.63 bits per heavy atom. The lowest BCUT2D eigenvalue weighted by atomic mass is 9.98. The van der Waals surface area contributed by atoms with Gasteiger partial charge in [0.15, 0.2) is 0 Å². The molecule has 1 saturated heterocycles. The zero-order valence-electron chi connectivity index (χ0n) is 11.8. The first-order valence-electron chi connectivity index (χ1n) is 6.61. The van der Waals surface area contributed by atoms with Crippen LogP contribution in [0.1, 0.15) is 27.7 Å². The fourth-order valence-corrected chi connectivity index (χ4v) is 2.25. The van der Waals surface area contributed by atoms with Crippen molar-refractivity contribution >= 4 is 17.5 Å². The van der Waals surface area contributed by atoms with Crippen molar-refractivity contribution in [1.82, 2.24) is 15.1 Å². The molecule has 1 aliphatic heterocycles. The first-order chi connectivity index (χ1) is 8.95.